The summed E-state index contributed by atoms with van der Waals surface area (Å²) in [6, 6.07) is 26.7. The zero-order valence-corrected chi connectivity index (χ0v) is 20.0. The van der Waals surface area contributed by atoms with Gasteiger partial charge in [-0.2, -0.15) is 0 Å². The average Bonchev–Trinajstić information content (AvgIpc) is 3.60. The van der Waals surface area contributed by atoms with E-state index in [2.05, 4.69) is 25.5 Å². The summed E-state index contributed by atoms with van der Waals surface area (Å²) in [5, 5.41) is 11.3. The fraction of sp³-hybridized carbons (Fsp3) is 0.0690. The Morgan fingerprint density at radius 2 is 1.68 bits per heavy atom. The molecule has 8 nitrogen and oxygen atoms in total. The molecule has 3 heterocycles. The summed E-state index contributed by atoms with van der Waals surface area (Å²) in [6.45, 7) is 2.38. The van der Waals surface area contributed by atoms with Crippen LogP contribution in [0.2, 0.25) is 0 Å². The Kier molecular flexibility index (Phi) is 5.74. The van der Waals surface area contributed by atoms with Gasteiger partial charge in [-0.3, -0.25) is 9.36 Å². The van der Waals surface area contributed by atoms with E-state index in [-0.39, 0.29) is 5.91 Å². The Labute approximate surface area is 212 Å². The molecule has 6 rings (SSSR count). The largest absolute Gasteiger partial charge is 0.416 e. The molecule has 0 saturated carbocycles. The quantitative estimate of drug-likeness (QED) is 0.340. The van der Waals surface area contributed by atoms with E-state index >= 15 is 0 Å². The number of benzene rings is 3. The molecule has 0 atom stereocenters. The zero-order valence-electron chi connectivity index (χ0n) is 20.0. The van der Waals surface area contributed by atoms with Gasteiger partial charge < -0.3 is 9.73 Å². The number of para-hydroxylation sites is 2. The van der Waals surface area contributed by atoms with Gasteiger partial charge in [-0.05, 0) is 67.1 Å². The summed E-state index contributed by atoms with van der Waals surface area (Å²) in [7, 11) is 0. The van der Waals surface area contributed by atoms with Crippen molar-refractivity contribution in [2.45, 2.75) is 13.5 Å². The second kappa shape index (κ2) is 9.50. The van der Waals surface area contributed by atoms with E-state index in [9.17, 15) is 4.79 Å². The van der Waals surface area contributed by atoms with Crippen LogP contribution in [0.25, 0.3) is 39.8 Å². The van der Waals surface area contributed by atoms with Gasteiger partial charge in [-0.15, -0.1) is 10.2 Å². The Hall–Kier alpha value is -5.11. The van der Waals surface area contributed by atoms with Crippen molar-refractivity contribution >= 4 is 16.9 Å². The Morgan fingerprint density at radius 1 is 0.865 bits per heavy atom. The lowest BCUT2D eigenvalue weighted by atomic mass is 10.1. The van der Waals surface area contributed by atoms with Gasteiger partial charge in [-0.25, -0.2) is 9.97 Å². The van der Waals surface area contributed by atoms with E-state index in [1.807, 2.05) is 72.2 Å². The maximum atomic E-state index is 12.7. The maximum Gasteiger partial charge on any atom is 0.251 e. The van der Waals surface area contributed by atoms with E-state index in [1.54, 1.807) is 36.8 Å². The highest BCUT2D eigenvalue weighted by Crippen LogP contribution is 2.24. The minimum Gasteiger partial charge on any atom is -0.416 e. The Morgan fingerprint density at radius 3 is 2.46 bits per heavy atom. The van der Waals surface area contributed by atoms with Gasteiger partial charge in [-0.1, -0.05) is 35.9 Å². The molecule has 0 aliphatic carbocycles. The summed E-state index contributed by atoms with van der Waals surface area (Å²) in [6.07, 6.45) is 3.52. The number of pyridine rings is 1. The molecule has 3 aromatic heterocycles. The van der Waals surface area contributed by atoms with Gasteiger partial charge in [0.05, 0.1) is 11.0 Å². The van der Waals surface area contributed by atoms with Gasteiger partial charge in [0, 0.05) is 29.4 Å². The van der Waals surface area contributed by atoms with Crippen molar-refractivity contribution in [3.8, 4) is 28.7 Å². The summed E-state index contributed by atoms with van der Waals surface area (Å²) >= 11 is 0. The standard InChI is InChI=1S/C29H22N6O2/c1-19-5-4-6-23(15-19)29-34-33-28(37-29)22-12-10-21(11-13-22)27(36)31-17-20-9-14-26(30-16-20)35-18-32-24-7-2-3-8-25(24)35/h2-16,18H,17H2,1H3,(H,31,36). The second-order valence-electron chi connectivity index (χ2n) is 8.67. The molecule has 0 aliphatic rings. The number of nitrogens with zero attached hydrogens (tertiary/aromatic N) is 5. The van der Waals surface area contributed by atoms with Crippen LogP contribution in [0.15, 0.2) is 102 Å². The number of carbonyl (C=O) groups excluding carboxylic acids is 1. The van der Waals surface area contributed by atoms with E-state index in [4.69, 9.17) is 4.42 Å². The van der Waals surface area contributed by atoms with Crippen molar-refractivity contribution in [2.75, 3.05) is 0 Å². The van der Waals surface area contributed by atoms with Crippen LogP contribution in [0, 0.1) is 6.92 Å². The highest BCUT2D eigenvalue weighted by atomic mass is 16.4. The molecule has 0 fully saturated rings. The Balaban J connectivity index is 1.10. The molecule has 37 heavy (non-hydrogen) atoms. The molecule has 1 amide bonds. The molecule has 3 aromatic carbocycles. The van der Waals surface area contributed by atoms with Crippen LogP contribution in [0.4, 0.5) is 0 Å². The number of nitrogens with one attached hydrogen (secondary N) is 1. The lowest BCUT2D eigenvalue weighted by Crippen LogP contribution is -2.22. The molecule has 1 N–H and O–H groups in total. The first-order chi connectivity index (χ1) is 18.1. The van der Waals surface area contributed by atoms with E-state index in [0.717, 1.165) is 39.1 Å². The first kappa shape index (κ1) is 22.4. The first-order valence-electron chi connectivity index (χ1n) is 11.8. The highest BCUT2D eigenvalue weighted by molar-refractivity contribution is 5.94. The molecule has 0 unspecified atom stereocenters. The van der Waals surface area contributed by atoms with Crippen LogP contribution in [0.5, 0.6) is 0 Å². The topological polar surface area (TPSA) is 98.7 Å². The summed E-state index contributed by atoms with van der Waals surface area (Å²) in [5.41, 5.74) is 6.07. The molecule has 0 saturated heterocycles. The lowest BCUT2D eigenvalue weighted by molar-refractivity contribution is 0.0951. The number of rotatable bonds is 6. The SMILES string of the molecule is Cc1cccc(-c2nnc(-c3ccc(C(=O)NCc4ccc(-n5cnc6ccccc65)nc4)cc3)o2)c1. The van der Waals surface area contributed by atoms with E-state index in [0.29, 0.717) is 23.9 Å². The molecule has 0 radical (unpaired) electrons. The van der Waals surface area contributed by atoms with Crippen LogP contribution in [-0.4, -0.2) is 30.6 Å². The van der Waals surface area contributed by atoms with Gasteiger partial charge >= 0.3 is 0 Å². The van der Waals surface area contributed by atoms with Crippen molar-refractivity contribution < 1.29 is 9.21 Å². The van der Waals surface area contributed by atoms with Crippen molar-refractivity contribution in [1.82, 2.24) is 30.0 Å². The van der Waals surface area contributed by atoms with Crippen LogP contribution >= 0.6 is 0 Å². The predicted molar refractivity (Wildman–Crippen MR) is 140 cm³/mol. The second-order valence-corrected chi connectivity index (χ2v) is 8.67. The molecule has 180 valence electrons. The molecular formula is C29H22N6O2. The number of aromatic nitrogens is 5. The molecule has 8 heteroatoms. The van der Waals surface area contributed by atoms with Crippen LogP contribution in [-0.2, 0) is 6.54 Å². The normalized spacial score (nSPS) is 11.1. The highest BCUT2D eigenvalue weighted by Gasteiger charge is 2.12. The number of amides is 1. The summed E-state index contributed by atoms with van der Waals surface area (Å²) in [4.78, 5) is 21.6. The zero-order chi connectivity index (χ0) is 25.2. The third-order valence-electron chi connectivity index (χ3n) is 6.05. The van der Waals surface area contributed by atoms with E-state index < -0.39 is 0 Å². The number of fused-ring (bicyclic) bond motifs is 1. The number of aryl methyl sites for hydroxylation is 1. The molecule has 0 spiro atoms. The maximum absolute atomic E-state index is 12.7. The van der Waals surface area contributed by atoms with Gasteiger partial charge in [0.25, 0.3) is 5.91 Å². The van der Waals surface area contributed by atoms with Crippen LogP contribution < -0.4 is 5.32 Å². The monoisotopic (exact) mass is 486 g/mol. The van der Waals surface area contributed by atoms with Crippen molar-refractivity contribution in [2.24, 2.45) is 0 Å². The van der Waals surface area contributed by atoms with Crippen molar-refractivity contribution in [1.29, 1.82) is 0 Å². The predicted octanol–water partition coefficient (Wildman–Crippen LogP) is 5.38. The van der Waals surface area contributed by atoms with Crippen LogP contribution in [0.1, 0.15) is 21.5 Å². The molecule has 0 aliphatic heterocycles. The number of hydrogen-bond acceptors (Lipinski definition) is 6. The van der Waals surface area contributed by atoms with Crippen LogP contribution in [0.3, 0.4) is 0 Å². The smallest absolute Gasteiger partial charge is 0.251 e. The number of hydrogen-bond donors (Lipinski definition) is 1. The fourth-order valence-corrected chi connectivity index (χ4v) is 4.09. The lowest BCUT2D eigenvalue weighted by Gasteiger charge is -2.07. The van der Waals surface area contributed by atoms with E-state index in [1.165, 1.54) is 0 Å². The molecule has 6 aromatic rings. The number of imidazole rings is 1. The minimum atomic E-state index is -0.179. The third kappa shape index (κ3) is 4.60. The van der Waals surface area contributed by atoms with Gasteiger partial charge in [0.1, 0.15) is 12.1 Å². The molecule has 0 bridgehead atoms. The molecular weight excluding hydrogens is 464 g/mol. The summed E-state index contributed by atoms with van der Waals surface area (Å²) in [5.74, 6) is 1.45. The minimum absolute atomic E-state index is 0.179. The van der Waals surface area contributed by atoms with Gasteiger partial charge in [0.15, 0.2) is 0 Å². The Bertz CT molecular complexity index is 1700. The average molecular weight is 487 g/mol. The summed E-state index contributed by atoms with van der Waals surface area (Å²) < 4.78 is 7.78. The first-order valence-corrected chi connectivity index (χ1v) is 11.8. The van der Waals surface area contributed by atoms with Crippen molar-refractivity contribution in [3.05, 3.63) is 114 Å². The number of carbonyl (C=O) groups is 1. The fourth-order valence-electron chi connectivity index (χ4n) is 4.09. The van der Waals surface area contributed by atoms with Gasteiger partial charge in [0.2, 0.25) is 11.8 Å². The third-order valence-corrected chi connectivity index (χ3v) is 6.05. The van der Waals surface area contributed by atoms with Crippen molar-refractivity contribution in [3.63, 3.8) is 0 Å².